The molecule has 0 aromatic heterocycles. The number of amides is 1. The average molecular weight is 280 g/mol. The van der Waals surface area contributed by atoms with E-state index in [1.165, 1.54) is 32.1 Å². The molecule has 0 aromatic carbocycles. The Morgan fingerprint density at radius 2 is 1.95 bits per heavy atom. The zero-order valence-electron chi connectivity index (χ0n) is 13.2. The summed E-state index contributed by atoms with van der Waals surface area (Å²) in [6.45, 7) is 5.00. The Labute approximate surface area is 124 Å². The summed E-state index contributed by atoms with van der Waals surface area (Å²) in [4.78, 5) is 14.5. The average Bonchev–Trinajstić information content (AvgIpc) is 2.50. The van der Waals surface area contributed by atoms with E-state index in [9.17, 15) is 4.79 Å². The molecule has 2 N–H and O–H groups in total. The van der Waals surface area contributed by atoms with Gasteiger partial charge < -0.3 is 10.6 Å². The molecule has 3 unspecified atom stereocenters. The van der Waals surface area contributed by atoms with E-state index >= 15 is 0 Å². The van der Waals surface area contributed by atoms with E-state index < -0.39 is 0 Å². The van der Waals surface area contributed by atoms with E-state index in [0.717, 1.165) is 57.2 Å². The van der Waals surface area contributed by atoms with Crippen LogP contribution in [0.25, 0.3) is 0 Å². The van der Waals surface area contributed by atoms with Crippen LogP contribution in [0.3, 0.4) is 0 Å². The first-order chi connectivity index (χ1) is 9.74. The van der Waals surface area contributed by atoms with Gasteiger partial charge in [-0.3, -0.25) is 4.79 Å². The lowest BCUT2D eigenvalue weighted by Gasteiger charge is -2.41. The molecule has 1 saturated carbocycles. The van der Waals surface area contributed by atoms with Gasteiger partial charge in [-0.2, -0.15) is 0 Å². The normalized spacial score (nSPS) is 28.0. The van der Waals surface area contributed by atoms with Crippen molar-refractivity contribution in [2.45, 2.75) is 64.7 Å². The summed E-state index contributed by atoms with van der Waals surface area (Å²) >= 11 is 0. The highest BCUT2D eigenvalue weighted by atomic mass is 16.2. The number of nitrogens with zero attached hydrogens (tertiary/aromatic N) is 1. The third-order valence-corrected chi connectivity index (χ3v) is 5.56. The fourth-order valence-corrected chi connectivity index (χ4v) is 4.10. The monoisotopic (exact) mass is 280 g/mol. The van der Waals surface area contributed by atoms with Crippen LogP contribution >= 0.6 is 0 Å². The first-order valence-electron chi connectivity index (χ1n) is 8.72. The smallest absolute Gasteiger partial charge is 0.222 e. The van der Waals surface area contributed by atoms with E-state index in [4.69, 9.17) is 5.73 Å². The molecule has 2 rings (SSSR count). The van der Waals surface area contributed by atoms with E-state index in [-0.39, 0.29) is 0 Å². The van der Waals surface area contributed by atoms with Crippen molar-refractivity contribution in [2.75, 3.05) is 19.6 Å². The molecule has 1 saturated heterocycles. The van der Waals surface area contributed by atoms with Gasteiger partial charge in [0.25, 0.3) is 0 Å². The van der Waals surface area contributed by atoms with E-state index in [0.29, 0.717) is 11.8 Å². The van der Waals surface area contributed by atoms with Gasteiger partial charge in [0.2, 0.25) is 5.91 Å². The lowest BCUT2D eigenvalue weighted by molar-refractivity contribution is -0.134. The number of piperidine rings is 1. The summed E-state index contributed by atoms with van der Waals surface area (Å²) in [5.74, 6) is 2.74. The summed E-state index contributed by atoms with van der Waals surface area (Å²) in [5, 5.41) is 0. The molecule has 116 valence electrons. The molecule has 0 aromatic rings. The number of carbonyl (C=O) groups excluding carboxylic acids is 1. The maximum atomic E-state index is 12.4. The second-order valence-electron chi connectivity index (χ2n) is 6.82. The van der Waals surface area contributed by atoms with Crippen molar-refractivity contribution in [3.8, 4) is 0 Å². The van der Waals surface area contributed by atoms with E-state index in [1.54, 1.807) is 0 Å². The molecule has 20 heavy (non-hydrogen) atoms. The Bertz CT molecular complexity index is 305. The van der Waals surface area contributed by atoms with Crippen LogP contribution in [0.1, 0.15) is 64.7 Å². The fourth-order valence-electron chi connectivity index (χ4n) is 4.10. The van der Waals surface area contributed by atoms with Crippen molar-refractivity contribution < 1.29 is 4.79 Å². The van der Waals surface area contributed by atoms with Gasteiger partial charge in [0.1, 0.15) is 0 Å². The van der Waals surface area contributed by atoms with Crippen LogP contribution in [0, 0.1) is 17.8 Å². The van der Waals surface area contributed by atoms with Crippen LogP contribution in [0.15, 0.2) is 0 Å². The Morgan fingerprint density at radius 1 is 1.20 bits per heavy atom. The van der Waals surface area contributed by atoms with Crippen LogP contribution in [-0.4, -0.2) is 30.4 Å². The molecule has 2 fully saturated rings. The number of nitrogens with two attached hydrogens (primary N) is 1. The summed E-state index contributed by atoms with van der Waals surface area (Å²) in [7, 11) is 0. The topological polar surface area (TPSA) is 46.3 Å². The van der Waals surface area contributed by atoms with Crippen LogP contribution in [0.5, 0.6) is 0 Å². The third kappa shape index (κ3) is 4.21. The Kier molecular flexibility index (Phi) is 6.34. The molecule has 2 aliphatic rings. The second kappa shape index (κ2) is 8.02. The Hall–Kier alpha value is -0.570. The third-order valence-electron chi connectivity index (χ3n) is 5.56. The van der Waals surface area contributed by atoms with Gasteiger partial charge in [0, 0.05) is 19.5 Å². The van der Waals surface area contributed by atoms with Gasteiger partial charge >= 0.3 is 0 Å². The zero-order chi connectivity index (χ0) is 14.4. The molecule has 3 heteroatoms. The van der Waals surface area contributed by atoms with Crippen LogP contribution in [0.4, 0.5) is 0 Å². The van der Waals surface area contributed by atoms with Gasteiger partial charge in [0.05, 0.1) is 0 Å². The number of hydrogen-bond donors (Lipinski definition) is 1. The van der Waals surface area contributed by atoms with Crippen molar-refractivity contribution >= 4 is 5.91 Å². The molecule has 3 nitrogen and oxygen atoms in total. The summed E-state index contributed by atoms with van der Waals surface area (Å²) in [5.41, 5.74) is 5.63. The van der Waals surface area contributed by atoms with Gasteiger partial charge in [0.15, 0.2) is 0 Å². The highest BCUT2D eigenvalue weighted by Gasteiger charge is 2.32. The lowest BCUT2D eigenvalue weighted by atomic mass is 9.75. The maximum Gasteiger partial charge on any atom is 0.222 e. The van der Waals surface area contributed by atoms with E-state index in [1.807, 2.05) is 0 Å². The summed E-state index contributed by atoms with van der Waals surface area (Å²) < 4.78 is 0. The number of rotatable bonds is 6. The molecular formula is C17H32N2O. The molecule has 1 aliphatic carbocycles. The van der Waals surface area contributed by atoms with Crippen molar-refractivity contribution in [1.82, 2.24) is 4.90 Å². The standard InChI is InChI=1S/C17H32N2O/c1-2-14(9-11-18)7-8-17(20)19-12-10-15-5-3-4-6-16(15)13-19/h14-16H,2-13,18H2,1H3. The Balaban J connectivity index is 1.75. The molecule has 1 heterocycles. The summed E-state index contributed by atoms with van der Waals surface area (Å²) in [6, 6.07) is 0. The van der Waals surface area contributed by atoms with Crippen LogP contribution in [0.2, 0.25) is 0 Å². The zero-order valence-corrected chi connectivity index (χ0v) is 13.2. The highest BCUT2D eigenvalue weighted by Crippen LogP contribution is 2.36. The van der Waals surface area contributed by atoms with Gasteiger partial charge in [-0.15, -0.1) is 0 Å². The summed E-state index contributed by atoms with van der Waals surface area (Å²) in [6.07, 6.45) is 10.7. The molecule has 0 radical (unpaired) electrons. The van der Waals surface area contributed by atoms with Crippen molar-refractivity contribution in [1.29, 1.82) is 0 Å². The molecule has 0 bridgehead atoms. The molecule has 3 atom stereocenters. The molecule has 1 amide bonds. The predicted molar refractivity (Wildman–Crippen MR) is 83.3 cm³/mol. The first kappa shape index (κ1) is 15.8. The van der Waals surface area contributed by atoms with Crippen molar-refractivity contribution in [3.63, 3.8) is 0 Å². The number of hydrogen-bond acceptors (Lipinski definition) is 2. The Morgan fingerprint density at radius 3 is 2.65 bits per heavy atom. The predicted octanol–water partition coefficient (Wildman–Crippen LogP) is 3.18. The van der Waals surface area contributed by atoms with Crippen molar-refractivity contribution in [3.05, 3.63) is 0 Å². The number of fused-ring (bicyclic) bond motifs is 1. The maximum absolute atomic E-state index is 12.4. The first-order valence-corrected chi connectivity index (χ1v) is 8.72. The SMILES string of the molecule is CCC(CCN)CCC(=O)N1CCC2CCCCC2C1. The number of carbonyl (C=O) groups is 1. The fraction of sp³-hybridized carbons (Fsp3) is 0.941. The molecular weight excluding hydrogens is 248 g/mol. The highest BCUT2D eigenvalue weighted by molar-refractivity contribution is 5.76. The second-order valence-corrected chi connectivity index (χ2v) is 6.82. The minimum Gasteiger partial charge on any atom is -0.342 e. The minimum atomic E-state index is 0.393. The van der Waals surface area contributed by atoms with Gasteiger partial charge in [-0.05, 0) is 50.0 Å². The van der Waals surface area contributed by atoms with Crippen LogP contribution < -0.4 is 5.73 Å². The van der Waals surface area contributed by atoms with E-state index in [2.05, 4.69) is 11.8 Å². The molecule has 1 aliphatic heterocycles. The van der Waals surface area contributed by atoms with Gasteiger partial charge in [-0.25, -0.2) is 0 Å². The minimum absolute atomic E-state index is 0.393. The quantitative estimate of drug-likeness (QED) is 0.812. The largest absolute Gasteiger partial charge is 0.342 e. The number of likely N-dealkylation sites (tertiary alicyclic amines) is 1. The molecule has 0 spiro atoms. The van der Waals surface area contributed by atoms with Gasteiger partial charge in [-0.1, -0.05) is 32.6 Å². The van der Waals surface area contributed by atoms with Crippen LogP contribution in [-0.2, 0) is 4.79 Å². The van der Waals surface area contributed by atoms with Crippen molar-refractivity contribution in [2.24, 2.45) is 23.5 Å². The lowest BCUT2D eigenvalue weighted by Crippen LogP contribution is -2.44.